The van der Waals surface area contributed by atoms with E-state index in [1.54, 1.807) is 0 Å². The number of carbonyl (C=O) groups is 1. The maximum absolute atomic E-state index is 10.0. The number of rotatable bonds is 4. The third kappa shape index (κ3) is 3.50. The molecule has 4 heteroatoms. The number of aliphatic carboxylic acids is 1. The lowest BCUT2D eigenvalue weighted by Crippen LogP contribution is -2.03. The molecule has 0 atom stereocenters. The lowest BCUT2D eigenvalue weighted by Gasteiger charge is -1.98. The van der Waals surface area contributed by atoms with Gasteiger partial charge < -0.3 is 15.3 Å². The molecule has 11 heavy (non-hydrogen) atoms. The quantitative estimate of drug-likeness (QED) is 0.431. The van der Waals surface area contributed by atoms with Gasteiger partial charge >= 0.3 is 5.97 Å². The monoisotopic (exact) mass is 160 g/mol. The summed E-state index contributed by atoms with van der Waals surface area (Å²) in [4.78, 5) is 10.0. The van der Waals surface area contributed by atoms with E-state index in [1.165, 1.54) is 0 Å². The number of carboxylic acids is 1. The molecule has 0 spiro atoms. The van der Waals surface area contributed by atoms with Crippen LogP contribution >= 0.6 is 0 Å². The molecule has 0 saturated carbocycles. The number of hydrogen-bond donors (Lipinski definition) is 3. The molecule has 0 aromatic rings. The van der Waals surface area contributed by atoms with Crippen LogP contribution < -0.4 is 0 Å². The minimum Gasteiger partial charge on any atom is -0.508 e. The summed E-state index contributed by atoms with van der Waals surface area (Å²) in [7, 11) is 0. The second kappa shape index (κ2) is 4.60. The number of aliphatic hydroxyl groups is 2. The van der Waals surface area contributed by atoms with Gasteiger partial charge in [-0.15, -0.1) is 0 Å². The molecule has 0 bridgehead atoms. The molecule has 0 radical (unpaired) electrons. The van der Waals surface area contributed by atoms with Crippen LogP contribution in [0.5, 0.6) is 0 Å². The van der Waals surface area contributed by atoms with E-state index < -0.39 is 17.5 Å². The molecule has 0 aliphatic carbocycles. The van der Waals surface area contributed by atoms with E-state index in [0.717, 1.165) is 6.42 Å². The van der Waals surface area contributed by atoms with Crippen molar-refractivity contribution in [2.75, 3.05) is 0 Å². The highest BCUT2D eigenvalue weighted by molar-refractivity contribution is 5.84. The lowest BCUT2D eigenvalue weighted by molar-refractivity contribution is -0.135. The number of aliphatic hydroxyl groups excluding tert-OH is 2. The predicted molar refractivity (Wildman–Crippen MR) is 39.4 cm³/mol. The molecule has 0 fully saturated rings. The van der Waals surface area contributed by atoms with Crippen LogP contribution in [-0.4, -0.2) is 21.3 Å². The van der Waals surface area contributed by atoms with Gasteiger partial charge in [-0.2, -0.15) is 0 Å². The van der Waals surface area contributed by atoms with Crippen LogP contribution in [0.25, 0.3) is 0 Å². The molecule has 0 amide bonds. The first-order valence-corrected chi connectivity index (χ1v) is 3.44. The molecule has 64 valence electrons. The van der Waals surface area contributed by atoms with Crippen molar-refractivity contribution in [1.82, 2.24) is 0 Å². The van der Waals surface area contributed by atoms with E-state index >= 15 is 0 Å². The topological polar surface area (TPSA) is 77.8 Å². The molecule has 0 aliphatic rings. The van der Waals surface area contributed by atoms with Crippen molar-refractivity contribution in [2.45, 2.75) is 26.2 Å². The Hall–Kier alpha value is -1.19. The molecule has 0 aromatic heterocycles. The molecule has 0 aliphatic heterocycles. The van der Waals surface area contributed by atoms with Gasteiger partial charge in [0.15, 0.2) is 0 Å². The largest absolute Gasteiger partial charge is 0.508 e. The fourth-order valence-electron chi connectivity index (χ4n) is 0.586. The molecule has 0 unspecified atom stereocenters. The summed E-state index contributed by atoms with van der Waals surface area (Å²) < 4.78 is 0. The summed E-state index contributed by atoms with van der Waals surface area (Å²) in [5, 5.41) is 25.7. The van der Waals surface area contributed by atoms with Gasteiger partial charge in [-0.25, -0.2) is 4.79 Å². The zero-order valence-electron chi connectivity index (χ0n) is 6.37. The highest BCUT2D eigenvalue weighted by Crippen LogP contribution is 2.07. The number of unbranched alkanes of at least 4 members (excludes halogenated alkanes) is 1. The Balaban J connectivity index is 4.05. The van der Waals surface area contributed by atoms with Gasteiger partial charge in [-0.1, -0.05) is 13.3 Å². The van der Waals surface area contributed by atoms with Crippen molar-refractivity contribution in [3.05, 3.63) is 11.5 Å². The third-order valence-corrected chi connectivity index (χ3v) is 1.24. The molecule has 0 heterocycles. The first kappa shape index (κ1) is 9.81. The maximum Gasteiger partial charge on any atom is 0.374 e. The van der Waals surface area contributed by atoms with E-state index in [2.05, 4.69) is 0 Å². The Bertz CT molecular complexity index is 171. The maximum atomic E-state index is 10.0. The SMILES string of the molecule is CCCCC(O)=C(O)C(=O)O. The number of hydrogen-bond acceptors (Lipinski definition) is 3. The fourth-order valence-corrected chi connectivity index (χ4v) is 0.586. The van der Waals surface area contributed by atoms with Crippen LogP contribution in [0.3, 0.4) is 0 Å². The zero-order valence-corrected chi connectivity index (χ0v) is 6.37. The summed E-state index contributed by atoms with van der Waals surface area (Å²) in [6, 6.07) is 0. The van der Waals surface area contributed by atoms with Gasteiger partial charge in [0.25, 0.3) is 0 Å². The van der Waals surface area contributed by atoms with E-state index in [1.807, 2.05) is 6.92 Å². The molecule has 0 rings (SSSR count). The first-order chi connectivity index (χ1) is 5.09. The van der Waals surface area contributed by atoms with E-state index in [0.29, 0.717) is 6.42 Å². The molecule has 0 saturated heterocycles. The highest BCUT2D eigenvalue weighted by atomic mass is 16.4. The van der Waals surface area contributed by atoms with Crippen molar-refractivity contribution >= 4 is 5.97 Å². The Morgan fingerprint density at radius 2 is 1.82 bits per heavy atom. The average Bonchev–Trinajstić information content (AvgIpc) is 1.98. The molecular formula is C7H12O4. The lowest BCUT2D eigenvalue weighted by atomic mass is 10.2. The van der Waals surface area contributed by atoms with E-state index in [4.69, 9.17) is 15.3 Å². The van der Waals surface area contributed by atoms with Crippen molar-refractivity contribution in [1.29, 1.82) is 0 Å². The number of carboxylic acid groups (broad SMARTS) is 1. The van der Waals surface area contributed by atoms with Gasteiger partial charge in [0.2, 0.25) is 5.76 Å². The van der Waals surface area contributed by atoms with E-state index in [-0.39, 0.29) is 6.42 Å². The Kier molecular flexibility index (Phi) is 4.10. The summed E-state index contributed by atoms with van der Waals surface area (Å²) in [6.45, 7) is 1.91. The van der Waals surface area contributed by atoms with Crippen molar-refractivity contribution < 1.29 is 20.1 Å². The minimum atomic E-state index is -1.49. The Morgan fingerprint density at radius 1 is 1.27 bits per heavy atom. The van der Waals surface area contributed by atoms with Crippen LogP contribution in [0.2, 0.25) is 0 Å². The van der Waals surface area contributed by atoms with Crippen LogP contribution in [0.4, 0.5) is 0 Å². The van der Waals surface area contributed by atoms with E-state index in [9.17, 15) is 4.79 Å². The van der Waals surface area contributed by atoms with Gasteiger partial charge in [0, 0.05) is 6.42 Å². The highest BCUT2D eigenvalue weighted by Gasteiger charge is 2.10. The second-order valence-electron chi connectivity index (χ2n) is 2.20. The van der Waals surface area contributed by atoms with Gasteiger partial charge in [0.05, 0.1) is 0 Å². The average molecular weight is 160 g/mol. The van der Waals surface area contributed by atoms with Crippen LogP contribution in [0, 0.1) is 0 Å². The van der Waals surface area contributed by atoms with Crippen molar-refractivity contribution in [2.24, 2.45) is 0 Å². The Labute approximate surface area is 64.8 Å². The van der Waals surface area contributed by atoms with Crippen LogP contribution in [-0.2, 0) is 4.79 Å². The second-order valence-corrected chi connectivity index (χ2v) is 2.20. The predicted octanol–water partition coefficient (Wildman–Crippen LogP) is 1.59. The van der Waals surface area contributed by atoms with Crippen molar-refractivity contribution in [3.63, 3.8) is 0 Å². The normalized spacial score (nSPS) is 12.5. The summed E-state index contributed by atoms with van der Waals surface area (Å²) in [5.74, 6) is -2.88. The third-order valence-electron chi connectivity index (χ3n) is 1.24. The fraction of sp³-hybridized carbons (Fsp3) is 0.571. The molecule has 0 aromatic carbocycles. The first-order valence-electron chi connectivity index (χ1n) is 3.44. The van der Waals surface area contributed by atoms with Gasteiger partial charge in [-0.05, 0) is 6.42 Å². The molecule has 3 N–H and O–H groups in total. The van der Waals surface area contributed by atoms with Gasteiger partial charge in [-0.3, -0.25) is 0 Å². The molecular weight excluding hydrogens is 148 g/mol. The molecule has 4 nitrogen and oxygen atoms in total. The van der Waals surface area contributed by atoms with Crippen LogP contribution in [0.1, 0.15) is 26.2 Å². The van der Waals surface area contributed by atoms with Crippen LogP contribution in [0.15, 0.2) is 11.5 Å². The standard InChI is InChI=1S/C7H12O4/c1-2-3-4-5(8)6(9)7(10)11/h8-9H,2-4H2,1H3,(H,10,11). The number of allylic oxidation sites excluding steroid dienone is 1. The summed E-state index contributed by atoms with van der Waals surface area (Å²) in [5.41, 5.74) is 0. The van der Waals surface area contributed by atoms with Crippen molar-refractivity contribution in [3.8, 4) is 0 Å². The Morgan fingerprint density at radius 3 is 2.18 bits per heavy atom. The smallest absolute Gasteiger partial charge is 0.374 e. The minimum absolute atomic E-state index is 0.217. The zero-order chi connectivity index (χ0) is 8.85. The van der Waals surface area contributed by atoms with Gasteiger partial charge in [0.1, 0.15) is 5.76 Å². The summed E-state index contributed by atoms with van der Waals surface area (Å²) >= 11 is 0. The summed E-state index contributed by atoms with van der Waals surface area (Å²) in [6.07, 6.45) is 1.73.